The number of alkyl carbamates (subject to hydrolysis) is 1. The zero-order valence-electron chi connectivity index (χ0n) is 17.2. The van der Waals surface area contributed by atoms with Crippen LogP contribution in [0.15, 0.2) is 53.6 Å². The van der Waals surface area contributed by atoms with Gasteiger partial charge in [0, 0.05) is 18.8 Å². The Morgan fingerprint density at radius 3 is 2.35 bits per heavy atom. The first-order valence-corrected chi connectivity index (χ1v) is 10.6. The second-order valence-electron chi connectivity index (χ2n) is 7.27. The molecule has 1 aromatic heterocycles. The summed E-state index contributed by atoms with van der Waals surface area (Å²) in [5.74, 6) is -0.368. The molecule has 0 aliphatic heterocycles. The fourth-order valence-electron chi connectivity index (χ4n) is 2.24. The van der Waals surface area contributed by atoms with Crippen LogP contribution in [0, 0.1) is 0 Å². The molecule has 0 aliphatic carbocycles. The van der Waals surface area contributed by atoms with Gasteiger partial charge in [-0.15, -0.1) is 0 Å². The van der Waals surface area contributed by atoms with E-state index >= 15 is 0 Å². The first kappa shape index (κ1) is 24.1. The lowest BCUT2D eigenvalue weighted by molar-refractivity contribution is -0.130. The summed E-state index contributed by atoms with van der Waals surface area (Å²) >= 11 is 0. The zero-order valence-corrected chi connectivity index (χ0v) is 18.0. The predicted octanol–water partition coefficient (Wildman–Crippen LogP) is 1.55. The van der Waals surface area contributed by atoms with Crippen LogP contribution >= 0.6 is 0 Å². The summed E-state index contributed by atoms with van der Waals surface area (Å²) in [7, 11) is -4.17. The van der Waals surface area contributed by atoms with Gasteiger partial charge in [-0.1, -0.05) is 6.07 Å². The van der Waals surface area contributed by atoms with Gasteiger partial charge in [0.25, 0.3) is 5.91 Å². The van der Waals surface area contributed by atoms with Gasteiger partial charge in [-0.3, -0.25) is 10.0 Å². The van der Waals surface area contributed by atoms with Crippen LogP contribution in [0.25, 0.3) is 0 Å². The van der Waals surface area contributed by atoms with E-state index in [9.17, 15) is 18.0 Å². The maximum absolute atomic E-state index is 12.6. The lowest BCUT2D eigenvalue weighted by Gasteiger charge is -2.21. The summed E-state index contributed by atoms with van der Waals surface area (Å²) in [6.07, 6.45) is 0.703. The molecule has 1 aromatic carbocycles. The normalized spacial score (nSPS) is 12.5. The van der Waals surface area contributed by atoms with Crippen molar-refractivity contribution in [2.24, 2.45) is 0 Å². The second-order valence-corrected chi connectivity index (χ2v) is 8.99. The number of ether oxygens (including phenoxy) is 2. The maximum atomic E-state index is 12.6. The number of nitrogens with one attached hydrogen (secondary N) is 3. The minimum absolute atomic E-state index is 0.158. The summed E-state index contributed by atoms with van der Waals surface area (Å²) in [6, 6.07) is 9.00. The molecule has 31 heavy (non-hydrogen) atoms. The van der Waals surface area contributed by atoms with Crippen LogP contribution in [0.4, 0.5) is 4.79 Å². The summed E-state index contributed by atoms with van der Waals surface area (Å²) in [5, 5.41) is 11.2. The van der Waals surface area contributed by atoms with Crippen LogP contribution in [0.5, 0.6) is 11.6 Å². The Labute approximate surface area is 179 Å². The van der Waals surface area contributed by atoms with Gasteiger partial charge in [-0.05, 0) is 51.1 Å². The molecular formula is C19H24N4O7S. The van der Waals surface area contributed by atoms with Gasteiger partial charge in [0.15, 0.2) is 0 Å². The first-order valence-electron chi connectivity index (χ1n) is 9.12. The fourth-order valence-corrected chi connectivity index (χ4v) is 3.43. The molecule has 168 valence electrons. The molecule has 0 radical (unpaired) electrons. The van der Waals surface area contributed by atoms with Gasteiger partial charge in [0.1, 0.15) is 17.4 Å². The average Bonchev–Trinajstić information content (AvgIpc) is 2.70. The van der Waals surface area contributed by atoms with Crippen molar-refractivity contribution in [2.75, 3.05) is 6.54 Å². The van der Waals surface area contributed by atoms with Gasteiger partial charge in [0.2, 0.25) is 15.9 Å². The van der Waals surface area contributed by atoms with Crippen molar-refractivity contribution >= 4 is 22.0 Å². The largest absolute Gasteiger partial charge is 0.444 e. The minimum atomic E-state index is -4.17. The van der Waals surface area contributed by atoms with Crippen molar-refractivity contribution in [3.63, 3.8) is 0 Å². The molecule has 12 heteroatoms. The van der Waals surface area contributed by atoms with E-state index in [1.165, 1.54) is 29.7 Å². The monoisotopic (exact) mass is 452 g/mol. The van der Waals surface area contributed by atoms with E-state index < -0.39 is 40.2 Å². The highest BCUT2D eigenvalue weighted by Gasteiger charge is 2.27. The molecule has 0 aliphatic rings. The van der Waals surface area contributed by atoms with E-state index in [4.69, 9.17) is 14.7 Å². The summed E-state index contributed by atoms with van der Waals surface area (Å²) < 4.78 is 37.9. The Bertz CT molecular complexity index is 990. The number of benzene rings is 1. The third-order valence-electron chi connectivity index (χ3n) is 3.57. The molecule has 1 atom stereocenters. The van der Waals surface area contributed by atoms with E-state index in [1.54, 1.807) is 45.2 Å². The Hall–Kier alpha value is -3.22. The topological polar surface area (TPSA) is 156 Å². The third kappa shape index (κ3) is 7.85. The molecule has 2 aromatic rings. The number of amides is 2. The number of hydroxylamine groups is 1. The molecule has 0 saturated heterocycles. The number of nitrogens with zero attached hydrogens (tertiary/aromatic N) is 1. The number of rotatable bonds is 8. The molecule has 1 heterocycles. The Balaban J connectivity index is 2.07. The van der Waals surface area contributed by atoms with E-state index in [2.05, 4.69) is 15.0 Å². The Kier molecular flexibility index (Phi) is 7.91. The number of hydrogen-bond donors (Lipinski definition) is 4. The molecule has 11 nitrogen and oxygen atoms in total. The van der Waals surface area contributed by atoms with Crippen molar-refractivity contribution < 1.29 is 32.7 Å². The van der Waals surface area contributed by atoms with Gasteiger partial charge in [0.05, 0.1) is 4.90 Å². The Morgan fingerprint density at radius 2 is 1.81 bits per heavy atom. The quantitative estimate of drug-likeness (QED) is 0.347. The van der Waals surface area contributed by atoms with E-state index in [0.717, 1.165) is 0 Å². The molecule has 0 bridgehead atoms. The average molecular weight is 452 g/mol. The lowest BCUT2D eigenvalue weighted by Crippen LogP contribution is -2.52. The van der Waals surface area contributed by atoms with Gasteiger partial charge >= 0.3 is 6.09 Å². The third-order valence-corrected chi connectivity index (χ3v) is 5.06. The summed E-state index contributed by atoms with van der Waals surface area (Å²) in [4.78, 5) is 27.5. The number of carbonyl (C=O) groups excluding carboxylic acids is 2. The smallest absolute Gasteiger partial charge is 0.407 e. The first-order chi connectivity index (χ1) is 14.5. The van der Waals surface area contributed by atoms with Crippen LogP contribution in [-0.4, -0.2) is 48.8 Å². The van der Waals surface area contributed by atoms with E-state index in [1.807, 2.05) is 0 Å². The SMILES string of the molecule is CC(C)(C)OC(=O)NC[C@@H](NS(=O)(=O)c1ccc(Oc2ccccn2)cc1)C(=O)NO. The summed E-state index contributed by atoms with van der Waals surface area (Å²) in [5.41, 5.74) is 0.582. The van der Waals surface area contributed by atoms with Crippen molar-refractivity contribution in [1.29, 1.82) is 0 Å². The highest BCUT2D eigenvalue weighted by molar-refractivity contribution is 7.89. The van der Waals surface area contributed by atoms with E-state index in [-0.39, 0.29) is 4.90 Å². The minimum Gasteiger partial charge on any atom is -0.444 e. The van der Waals surface area contributed by atoms with Crippen molar-refractivity contribution in [3.05, 3.63) is 48.7 Å². The maximum Gasteiger partial charge on any atom is 0.407 e. The number of hydrogen-bond acceptors (Lipinski definition) is 8. The fraction of sp³-hybridized carbons (Fsp3) is 0.316. The summed E-state index contributed by atoms with van der Waals surface area (Å²) in [6.45, 7) is 4.48. The molecule has 2 amide bonds. The number of carbonyl (C=O) groups is 2. The molecule has 0 unspecified atom stereocenters. The number of pyridine rings is 1. The predicted molar refractivity (Wildman–Crippen MR) is 109 cm³/mol. The van der Waals surface area contributed by atoms with Crippen LogP contribution in [0.1, 0.15) is 20.8 Å². The standard InChI is InChI=1S/C19H24N4O7S/c1-19(2,3)30-18(25)21-12-15(17(24)22-26)23-31(27,28)14-9-7-13(8-10-14)29-16-6-4-5-11-20-16/h4-11,15,23,26H,12H2,1-3H3,(H,21,25)(H,22,24)/t15-/m1/s1. The van der Waals surface area contributed by atoms with Crippen molar-refractivity contribution in [2.45, 2.75) is 37.3 Å². The highest BCUT2D eigenvalue weighted by Crippen LogP contribution is 2.21. The van der Waals surface area contributed by atoms with Crippen LogP contribution < -0.4 is 20.3 Å². The van der Waals surface area contributed by atoms with E-state index in [0.29, 0.717) is 11.6 Å². The molecule has 0 fully saturated rings. The van der Waals surface area contributed by atoms with Gasteiger partial charge in [-0.2, -0.15) is 4.72 Å². The van der Waals surface area contributed by atoms with Crippen LogP contribution in [0.3, 0.4) is 0 Å². The van der Waals surface area contributed by atoms with Gasteiger partial charge < -0.3 is 14.8 Å². The highest BCUT2D eigenvalue weighted by atomic mass is 32.2. The Morgan fingerprint density at radius 1 is 1.13 bits per heavy atom. The van der Waals surface area contributed by atoms with Crippen LogP contribution in [-0.2, 0) is 19.6 Å². The van der Waals surface area contributed by atoms with Gasteiger partial charge in [-0.25, -0.2) is 23.7 Å². The van der Waals surface area contributed by atoms with Crippen molar-refractivity contribution in [3.8, 4) is 11.6 Å². The molecule has 0 spiro atoms. The molecular weight excluding hydrogens is 428 g/mol. The second kappa shape index (κ2) is 10.2. The molecule has 2 rings (SSSR count). The zero-order chi connectivity index (χ0) is 23.1. The number of sulfonamides is 1. The lowest BCUT2D eigenvalue weighted by atomic mass is 10.2. The number of aromatic nitrogens is 1. The molecule has 0 saturated carbocycles. The van der Waals surface area contributed by atoms with Crippen molar-refractivity contribution in [1.82, 2.24) is 20.5 Å². The van der Waals surface area contributed by atoms with Crippen LogP contribution in [0.2, 0.25) is 0 Å². The molecule has 4 N–H and O–H groups in total.